The Morgan fingerprint density at radius 2 is 1.50 bits per heavy atom. The smallest absolute Gasteiger partial charge is 0.455 e. The summed E-state index contributed by atoms with van der Waals surface area (Å²) in [6.45, 7) is 9.12. The number of benzene rings is 5. The highest BCUT2D eigenvalue weighted by Gasteiger charge is 2.58. The van der Waals surface area contributed by atoms with E-state index in [4.69, 9.17) is 13.8 Å². The van der Waals surface area contributed by atoms with Crippen LogP contribution >= 0.6 is 22.6 Å². The van der Waals surface area contributed by atoms with Gasteiger partial charge in [-0.3, -0.25) is 14.5 Å². The van der Waals surface area contributed by atoms with Gasteiger partial charge in [0.15, 0.2) is 11.5 Å². The third-order valence-electron chi connectivity index (χ3n) is 13.2. The molecular weight excluding hydrogens is 930 g/mol. The number of ether oxygens (including phenoxy) is 1. The minimum atomic E-state index is -3.02. The van der Waals surface area contributed by atoms with Crippen LogP contribution in [0.3, 0.4) is 0 Å². The van der Waals surface area contributed by atoms with Crippen molar-refractivity contribution >= 4 is 83.4 Å². The van der Waals surface area contributed by atoms with E-state index >= 15 is 0 Å². The van der Waals surface area contributed by atoms with Gasteiger partial charge in [-0.25, -0.2) is 0 Å². The van der Waals surface area contributed by atoms with Gasteiger partial charge in [-0.15, -0.1) is 0 Å². The number of aromatic hydroxyl groups is 1. The van der Waals surface area contributed by atoms with Crippen LogP contribution in [0.2, 0.25) is 11.4 Å². The average molecular weight is 987 g/mol. The number of nitrogens with zero attached hydrogens (tertiary/aromatic N) is 1. The predicted octanol–water partition coefficient (Wildman–Crippen LogP) is 9.90. The average Bonchev–Trinajstić information content (AvgIpc) is 3.55. The summed E-state index contributed by atoms with van der Waals surface area (Å²) in [4.78, 5) is 30.9. The van der Waals surface area contributed by atoms with Crippen molar-refractivity contribution in [1.82, 2.24) is 0 Å². The molecule has 0 radical (unpaired) electrons. The van der Waals surface area contributed by atoms with Gasteiger partial charge in [0.1, 0.15) is 0 Å². The van der Waals surface area contributed by atoms with Crippen LogP contribution in [0.25, 0.3) is 6.08 Å². The van der Waals surface area contributed by atoms with Crippen LogP contribution in [0.5, 0.6) is 11.5 Å². The summed E-state index contributed by atoms with van der Waals surface area (Å²) in [5, 5.41) is 27.4. The molecule has 1 aliphatic carbocycles. The number of halogens is 1. The molecule has 0 unspecified atom stereocenters. The zero-order valence-corrected chi connectivity index (χ0v) is 40.2. The maximum Gasteiger partial charge on any atom is 0.455 e. The van der Waals surface area contributed by atoms with Crippen LogP contribution in [0.1, 0.15) is 58.9 Å². The van der Waals surface area contributed by atoms with E-state index in [1.807, 2.05) is 78.9 Å². The Kier molecular flexibility index (Phi) is 13.7. The lowest BCUT2D eigenvalue weighted by molar-refractivity contribution is -0.122. The Morgan fingerprint density at radius 1 is 0.891 bits per heavy atom. The molecule has 8 rings (SSSR count). The van der Waals surface area contributed by atoms with Gasteiger partial charge in [-0.05, 0) is 141 Å². The van der Waals surface area contributed by atoms with E-state index in [1.54, 1.807) is 7.11 Å². The molecule has 4 atom stereocenters. The number of methoxy groups -OCH3 is 1. The van der Waals surface area contributed by atoms with Crippen molar-refractivity contribution in [2.45, 2.75) is 70.8 Å². The number of nitrogens with one attached hydrogen (secondary N) is 1. The van der Waals surface area contributed by atoms with E-state index in [1.165, 1.54) is 4.90 Å². The number of hydrogen-bond acceptors (Lipinski definition) is 8. The minimum absolute atomic E-state index is 0.111. The molecule has 3 aliphatic rings. The fourth-order valence-electron chi connectivity index (χ4n) is 10.2. The van der Waals surface area contributed by atoms with Gasteiger partial charge in [0.2, 0.25) is 11.8 Å². The van der Waals surface area contributed by atoms with E-state index in [0.29, 0.717) is 34.3 Å². The number of phenolic OH excluding ortho intramolecular Hbond substituents is 1. The summed E-state index contributed by atoms with van der Waals surface area (Å²) in [7, 11) is -2.60. The molecule has 2 fully saturated rings. The Bertz CT molecular complexity index is 2490. The Balaban J connectivity index is 1.17. The van der Waals surface area contributed by atoms with Crippen molar-refractivity contribution in [3.8, 4) is 11.5 Å². The number of hydrogen-bond donors (Lipinski definition) is 3. The Labute approximate surface area is 392 Å². The van der Waals surface area contributed by atoms with E-state index in [2.05, 4.69) is 110 Å². The highest BCUT2D eigenvalue weighted by Crippen LogP contribution is 2.52. The monoisotopic (exact) mass is 986 g/mol. The van der Waals surface area contributed by atoms with Gasteiger partial charge < -0.3 is 29.3 Å². The lowest BCUT2D eigenvalue weighted by Gasteiger charge is -2.46. The molecule has 64 heavy (non-hydrogen) atoms. The molecule has 12 heteroatoms. The standard InChI is InChI=1S/C52H56BIN2O7Si/c1-6-34(28-35-29-44(54)49(57)46(30-35)61-5)22-27-45-47-36(33-62-64(52(2,3)4,40-18-12-8-13-19-40)41-20-14-9-15-21-41)31-42-48(43(47)32-53(60)63-45)51(59)56(50(42)58)39-25-23-38(24-26-39)55-37-16-10-7-11-17-37/h7-21,23-26,28-30,42-43,45,48,55,57,60H,6,22,27,31-33H2,1-5H3/b34-28+/t42-,43+,45-,48-/m1/s1. The maximum atomic E-state index is 14.8. The summed E-state index contributed by atoms with van der Waals surface area (Å²) in [5.41, 5.74) is 6.33. The second kappa shape index (κ2) is 19.2. The summed E-state index contributed by atoms with van der Waals surface area (Å²) in [6.07, 6.45) is 4.13. The van der Waals surface area contributed by atoms with Gasteiger partial charge in [-0.2, -0.15) is 0 Å². The number of fused-ring (bicyclic) bond motifs is 3. The number of para-hydroxylation sites is 1. The van der Waals surface area contributed by atoms with Gasteiger partial charge in [-0.1, -0.05) is 118 Å². The summed E-state index contributed by atoms with van der Waals surface area (Å²) < 4.78 is 20.2. The first-order chi connectivity index (χ1) is 30.8. The topological polar surface area (TPSA) is 118 Å². The van der Waals surface area contributed by atoms with Gasteiger partial charge in [0.05, 0.1) is 40.9 Å². The fraction of sp³-hybridized carbons (Fsp3) is 0.308. The zero-order valence-electron chi connectivity index (χ0n) is 37.1. The normalized spacial score (nSPS) is 20.3. The number of anilines is 3. The number of phenols is 1. The van der Waals surface area contributed by atoms with E-state index < -0.39 is 39.3 Å². The van der Waals surface area contributed by atoms with Crippen molar-refractivity contribution in [2.24, 2.45) is 17.8 Å². The number of carbonyl (C=O) groups excluding carboxylic acids is 2. The number of amides is 2. The molecule has 2 amide bonds. The number of allylic oxidation sites excluding steroid dienone is 1. The third-order valence-corrected chi connectivity index (χ3v) is 19.0. The first kappa shape index (κ1) is 45.6. The molecular formula is C52H56BIN2O7Si. The second-order valence-corrected chi connectivity index (χ2v) is 23.5. The SMILES string of the molecule is CC/C(=C\c1cc(I)c(O)c(OC)c1)CC[C@H]1OB(O)C[C@H]2C1=C(CO[Si](c1ccccc1)(c1ccccc1)C(C)(C)C)C[C@H]1C(=O)N(c3ccc(Nc4ccccc4)cc3)C(=O)[C@H]12. The number of carbonyl (C=O) groups is 2. The van der Waals surface area contributed by atoms with Crippen LogP contribution in [0.4, 0.5) is 17.1 Å². The maximum absolute atomic E-state index is 14.8. The summed E-state index contributed by atoms with van der Waals surface area (Å²) in [6, 6.07) is 42.1. The molecule has 5 aromatic rings. The van der Waals surface area contributed by atoms with Crippen LogP contribution in [0, 0.1) is 21.3 Å². The largest absolute Gasteiger partial charge is 0.504 e. The molecule has 0 saturated carbocycles. The summed E-state index contributed by atoms with van der Waals surface area (Å²) >= 11 is 2.11. The van der Waals surface area contributed by atoms with Crippen molar-refractivity contribution in [1.29, 1.82) is 0 Å². The van der Waals surface area contributed by atoms with Crippen LogP contribution < -0.4 is 25.3 Å². The van der Waals surface area contributed by atoms with Crippen LogP contribution in [0.15, 0.2) is 144 Å². The molecule has 9 nitrogen and oxygen atoms in total. The quantitative estimate of drug-likeness (QED) is 0.0436. The van der Waals surface area contributed by atoms with Crippen molar-refractivity contribution in [3.63, 3.8) is 0 Å². The number of imide groups is 1. The van der Waals surface area contributed by atoms with Gasteiger partial charge in [0, 0.05) is 11.4 Å². The molecule has 5 aromatic carbocycles. The van der Waals surface area contributed by atoms with Gasteiger partial charge in [0.25, 0.3) is 8.32 Å². The predicted molar refractivity (Wildman–Crippen MR) is 267 cm³/mol. The fourth-order valence-corrected chi connectivity index (χ4v) is 15.4. The molecule has 0 bridgehead atoms. The Morgan fingerprint density at radius 3 is 2.09 bits per heavy atom. The van der Waals surface area contributed by atoms with Crippen molar-refractivity contribution in [2.75, 3.05) is 23.9 Å². The van der Waals surface area contributed by atoms with E-state index in [-0.39, 0.29) is 35.5 Å². The van der Waals surface area contributed by atoms with Crippen LogP contribution in [-0.2, 0) is 18.7 Å². The van der Waals surface area contributed by atoms with Crippen molar-refractivity contribution < 1.29 is 33.5 Å². The zero-order chi connectivity index (χ0) is 45.2. The van der Waals surface area contributed by atoms with E-state index in [0.717, 1.165) is 50.5 Å². The highest BCUT2D eigenvalue weighted by atomic mass is 127. The lowest BCUT2D eigenvalue weighted by atomic mass is 9.58. The molecule has 2 aliphatic heterocycles. The Hall–Kier alpha value is -4.99. The second-order valence-electron chi connectivity index (χ2n) is 18.1. The molecule has 330 valence electrons. The third kappa shape index (κ3) is 9.00. The molecule has 3 N–H and O–H groups in total. The number of rotatable bonds is 14. The minimum Gasteiger partial charge on any atom is -0.504 e. The molecule has 0 spiro atoms. The highest BCUT2D eigenvalue weighted by molar-refractivity contribution is 14.1. The van der Waals surface area contributed by atoms with E-state index in [9.17, 15) is 19.7 Å². The summed E-state index contributed by atoms with van der Waals surface area (Å²) in [5.74, 6) is -1.66. The lowest BCUT2D eigenvalue weighted by Crippen LogP contribution is -2.66. The first-order valence-electron chi connectivity index (χ1n) is 22.2. The molecule has 0 aromatic heterocycles. The molecule has 2 saturated heterocycles. The molecule has 2 heterocycles. The van der Waals surface area contributed by atoms with Crippen molar-refractivity contribution in [3.05, 3.63) is 153 Å². The van der Waals surface area contributed by atoms with Crippen LogP contribution in [-0.4, -0.2) is 57.2 Å². The van der Waals surface area contributed by atoms with Gasteiger partial charge >= 0.3 is 7.12 Å². The first-order valence-corrected chi connectivity index (χ1v) is 25.2.